The van der Waals surface area contributed by atoms with Gasteiger partial charge in [0, 0.05) is 27.3 Å². The van der Waals surface area contributed by atoms with Crippen LogP contribution in [0.5, 0.6) is 0 Å². The molecule has 5 aromatic carbocycles. The molecule has 1 aromatic heterocycles. The zero-order valence-electron chi connectivity index (χ0n) is 18.6. The molecule has 0 saturated heterocycles. The first kappa shape index (κ1) is 18.5. The summed E-state index contributed by atoms with van der Waals surface area (Å²) >= 11 is 0. The van der Waals surface area contributed by atoms with E-state index in [0.717, 1.165) is 38.7 Å². The summed E-state index contributed by atoms with van der Waals surface area (Å²) in [6.07, 6.45) is 0. The van der Waals surface area contributed by atoms with E-state index < -0.39 is 0 Å². The van der Waals surface area contributed by atoms with E-state index in [9.17, 15) is 0 Å². The summed E-state index contributed by atoms with van der Waals surface area (Å²) in [7, 11) is 0. The summed E-state index contributed by atoms with van der Waals surface area (Å²) in [4.78, 5) is 0. The fourth-order valence-electron chi connectivity index (χ4n) is 5.59. The van der Waals surface area contributed by atoms with Gasteiger partial charge < -0.3 is 9.73 Å². The molecule has 2 heteroatoms. The van der Waals surface area contributed by atoms with Crippen LogP contribution in [0, 0.1) is 0 Å². The minimum atomic E-state index is -0.0195. The second-order valence-electron chi connectivity index (χ2n) is 9.50. The average molecular weight is 426 g/mol. The topological polar surface area (TPSA) is 25.2 Å². The minimum absolute atomic E-state index is 0.0195. The second-order valence-corrected chi connectivity index (χ2v) is 9.50. The minimum Gasteiger partial charge on any atom is -0.455 e. The van der Waals surface area contributed by atoms with Crippen molar-refractivity contribution in [3.05, 3.63) is 108 Å². The Morgan fingerprint density at radius 1 is 0.667 bits per heavy atom. The lowest BCUT2D eigenvalue weighted by Crippen LogP contribution is -2.15. The number of furan rings is 1. The highest BCUT2D eigenvalue weighted by molar-refractivity contribution is 6.18. The predicted octanol–water partition coefficient (Wildman–Crippen LogP) is 8.79. The van der Waals surface area contributed by atoms with Crippen LogP contribution in [0.25, 0.3) is 43.8 Å². The van der Waals surface area contributed by atoms with Crippen molar-refractivity contribution < 1.29 is 4.42 Å². The number of hydrogen-bond donors (Lipinski definition) is 1. The zero-order valence-corrected chi connectivity index (χ0v) is 18.6. The van der Waals surface area contributed by atoms with Gasteiger partial charge in [-0.05, 0) is 58.0 Å². The van der Waals surface area contributed by atoms with Gasteiger partial charge in [-0.25, -0.2) is 0 Å². The molecular weight excluding hydrogens is 402 g/mol. The molecule has 6 aromatic rings. The fraction of sp³-hybridized carbons (Fsp3) is 0.0968. The van der Waals surface area contributed by atoms with Crippen LogP contribution in [0.3, 0.4) is 0 Å². The van der Waals surface area contributed by atoms with E-state index in [-0.39, 0.29) is 5.41 Å². The maximum Gasteiger partial charge on any atom is 0.145 e. The Morgan fingerprint density at radius 2 is 1.48 bits per heavy atom. The number of benzene rings is 5. The Labute approximate surface area is 192 Å². The SMILES string of the molecule is CC1(C)c2ccccc2-c2ccc(Nc3cccc4ccc5c6ccccc6oc5c34)cc21. The van der Waals surface area contributed by atoms with E-state index >= 15 is 0 Å². The van der Waals surface area contributed by atoms with Gasteiger partial charge in [-0.3, -0.25) is 0 Å². The highest BCUT2D eigenvalue weighted by Gasteiger charge is 2.35. The van der Waals surface area contributed by atoms with E-state index in [1.165, 1.54) is 27.6 Å². The van der Waals surface area contributed by atoms with E-state index in [4.69, 9.17) is 4.42 Å². The Morgan fingerprint density at radius 3 is 2.42 bits per heavy atom. The van der Waals surface area contributed by atoms with Crippen LogP contribution < -0.4 is 5.32 Å². The standard InChI is InChI=1S/C31H23NO/c1-31(2)25-11-5-3-9-21(25)22-17-15-20(18-26(22)31)32-27-12-7-8-19-14-16-24-23-10-4-6-13-28(23)33-30(24)29(19)27/h3-18,32H,1-2H3. The van der Waals surface area contributed by atoms with Crippen LogP contribution in [-0.4, -0.2) is 0 Å². The van der Waals surface area contributed by atoms with Crippen LogP contribution in [0.4, 0.5) is 11.4 Å². The van der Waals surface area contributed by atoms with Gasteiger partial charge in [0.05, 0.1) is 5.69 Å². The van der Waals surface area contributed by atoms with Gasteiger partial charge in [0.2, 0.25) is 0 Å². The molecule has 0 bridgehead atoms. The highest BCUT2D eigenvalue weighted by atomic mass is 16.3. The molecule has 0 amide bonds. The molecular formula is C31H23NO. The second kappa shape index (κ2) is 6.49. The van der Waals surface area contributed by atoms with E-state index in [1.54, 1.807) is 0 Å². The van der Waals surface area contributed by atoms with Gasteiger partial charge in [0.15, 0.2) is 0 Å². The fourth-order valence-corrected chi connectivity index (χ4v) is 5.59. The summed E-state index contributed by atoms with van der Waals surface area (Å²) in [6.45, 7) is 4.63. The molecule has 0 unspecified atom stereocenters. The molecule has 0 atom stereocenters. The maximum absolute atomic E-state index is 6.35. The monoisotopic (exact) mass is 425 g/mol. The third-order valence-electron chi connectivity index (χ3n) is 7.25. The largest absolute Gasteiger partial charge is 0.455 e. The van der Waals surface area contributed by atoms with Crippen LogP contribution in [-0.2, 0) is 5.41 Å². The zero-order chi connectivity index (χ0) is 22.2. The molecule has 2 nitrogen and oxygen atoms in total. The molecule has 0 spiro atoms. The lowest BCUT2D eigenvalue weighted by Gasteiger charge is -2.22. The molecule has 0 saturated carbocycles. The van der Waals surface area contributed by atoms with Crippen LogP contribution in [0.15, 0.2) is 101 Å². The van der Waals surface area contributed by atoms with Gasteiger partial charge in [0.1, 0.15) is 11.2 Å². The number of para-hydroxylation sites is 1. The number of anilines is 2. The van der Waals surface area contributed by atoms with Crippen molar-refractivity contribution in [1.29, 1.82) is 0 Å². The number of hydrogen-bond acceptors (Lipinski definition) is 2. The lowest BCUT2D eigenvalue weighted by atomic mass is 9.82. The predicted molar refractivity (Wildman–Crippen MR) is 139 cm³/mol. The maximum atomic E-state index is 6.35. The molecule has 1 aliphatic carbocycles. The molecule has 0 aliphatic heterocycles. The quantitative estimate of drug-likeness (QED) is 0.300. The van der Waals surface area contributed by atoms with Crippen LogP contribution in [0.1, 0.15) is 25.0 Å². The Kier molecular flexibility index (Phi) is 3.64. The van der Waals surface area contributed by atoms with Gasteiger partial charge in [-0.1, -0.05) is 80.6 Å². The van der Waals surface area contributed by atoms with E-state index in [1.807, 2.05) is 12.1 Å². The molecule has 0 fully saturated rings. The van der Waals surface area contributed by atoms with Crippen molar-refractivity contribution in [3.63, 3.8) is 0 Å². The molecule has 158 valence electrons. The van der Waals surface area contributed by atoms with Gasteiger partial charge >= 0.3 is 0 Å². The number of rotatable bonds is 2. The molecule has 1 aliphatic rings. The first-order chi connectivity index (χ1) is 16.1. The average Bonchev–Trinajstić information content (AvgIpc) is 3.32. The number of nitrogens with one attached hydrogen (secondary N) is 1. The Bertz CT molecular complexity index is 1720. The van der Waals surface area contributed by atoms with E-state index in [0.29, 0.717) is 0 Å². The third kappa shape index (κ3) is 2.55. The molecule has 1 heterocycles. The first-order valence-corrected chi connectivity index (χ1v) is 11.5. The molecule has 33 heavy (non-hydrogen) atoms. The lowest BCUT2D eigenvalue weighted by molar-refractivity contribution is 0.660. The van der Waals surface area contributed by atoms with E-state index in [2.05, 4.69) is 104 Å². The van der Waals surface area contributed by atoms with Crippen LogP contribution in [0.2, 0.25) is 0 Å². The van der Waals surface area contributed by atoms with Crippen molar-refractivity contribution in [2.75, 3.05) is 5.32 Å². The molecule has 7 rings (SSSR count). The Hall–Kier alpha value is -4.04. The Balaban J connectivity index is 1.40. The summed E-state index contributed by atoms with van der Waals surface area (Å²) in [5, 5.41) is 8.31. The van der Waals surface area contributed by atoms with Crippen molar-refractivity contribution in [2.45, 2.75) is 19.3 Å². The summed E-state index contributed by atoms with van der Waals surface area (Å²) in [5.41, 5.74) is 9.43. The van der Waals surface area contributed by atoms with Crippen molar-refractivity contribution in [1.82, 2.24) is 0 Å². The van der Waals surface area contributed by atoms with Crippen molar-refractivity contribution >= 4 is 44.1 Å². The first-order valence-electron chi connectivity index (χ1n) is 11.5. The highest BCUT2D eigenvalue weighted by Crippen LogP contribution is 2.49. The van der Waals surface area contributed by atoms with Gasteiger partial charge in [0.25, 0.3) is 0 Å². The summed E-state index contributed by atoms with van der Waals surface area (Å²) < 4.78 is 6.35. The normalized spacial score (nSPS) is 14.0. The summed E-state index contributed by atoms with van der Waals surface area (Å²) in [5.74, 6) is 0. The smallest absolute Gasteiger partial charge is 0.145 e. The van der Waals surface area contributed by atoms with Crippen molar-refractivity contribution in [3.8, 4) is 11.1 Å². The summed E-state index contributed by atoms with van der Waals surface area (Å²) in [6, 6.07) is 34.5. The van der Waals surface area contributed by atoms with Crippen molar-refractivity contribution in [2.24, 2.45) is 0 Å². The van der Waals surface area contributed by atoms with Gasteiger partial charge in [-0.15, -0.1) is 0 Å². The number of fused-ring (bicyclic) bond motifs is 8. The van der Waals surface area contributed by atoms with Gasteiger partial charge in [-0.2, -0.15) is 0 Å². The third-order valence-corrected chi connectivity index (χ3v) is 7.25. The molecule has 0 radical (unpaired) electrons. The van der Waals surface area contributed by atoms with Crippen LogP contribution >= 0.6 is 0 Å². The molecule has 1 N–H and O–H groups in total.